The van der Waals surface area contributed by atoms with Crippen molar-refractivity contribution in [2.24, 2.45) is 5.92 Å². The van der Waals surface area contributed by atoms with Crippen LogP contribution in [0.15, 0.2) is 30.3 Å². The van der Waals surface area contributed by atoms with Crippen molar-refractivity contribution < 1.29 is 14.6 Å². The summed E-state index contributed by atoms with van der Waals surface area (Å²) in [5.41, 5.74) is 4.95. The van der Waals surface area contributed by atoms with Crippen LogP contribution in [0.4, 0.5) is 0 Å². The Labute approximate surface area is 196 Å². The first-order valence-electron chi connectivity index (χ1n) is 12.0. The molecule has 0 saturated carbocycles. The molecule has 0 fully saturated rings. The van der Waals surface area contributed by atoms with Gasteiger partial charge in [-0.25, -0.2) is 0 Å². The number of nitrogens with one attached hydrogen (secondary N) is 1. The van der Waals surface area contributed by atoms with Gasteiger partial charge in [-0.05, 0) is 53.5 Å². The lowest BCUT2D eigenvalue weighted by Gasteiger charge is -2.23. The molecule has 1 aromatic heterocycles. The lowest BCUT2D eigenvalue weighted by molar-refractivity contribution is -0.143. The van der Waals surface area contributed by atoms with Crippen LogP contribution in [0.1, 0.15) is 77.8 Å². The lowest BCUT2D eigenvalue weighted by Crippen LogP contribution is -2.13. The van der Waals surface area contributed by atoms with E-state index >= 15 is 0 Å². The van der Waals surface area contributed by atoms with E-state index in [0.29, 0.717) is 25.0 Å². The molecule has 0 amide bonds. The van der Waals surface area contributed by atoms with Gasteiger partial charge >= 0.3 is 5.97 Å². The molecule has 0 spiro atoms. The topological polar surface area (TPSA) is 88.1 Å². The number of carbonyl (C=O) groups is 1. The fourth-order valence-electron chi connectivity index (χ4n) is 4.09. The number of phenols is 1. The first kappa shape index (κ1) is 24.7. The Hall–Kier alpha value is -2.89. The molecule has 0 unspecified atom stereocenters. The predicted molar refractivity (Wildman–Crippen MR) is 132 cm³/mol. The molecule has 0 radical (unpaired) electrons. The molecular weight excluding hydrogens is 414 g/mol. The minimum absolute atomic E-state index is 0.149. The maximum absolute atomic E-state index is 12.2. The molecule has 6 nitrogen and oxygen atoms in total. The number of hydrogen-bond donors (Lipinski definition) is 2. The molecular formula is C27H37N3O3. The van der Waals surface area contributed by atoms with E-state index in [9.17, 15) is 9.90 Å². The van der Waals surface area contributed by atoms with E-state index in [2.05, 4.69) is 50.0 Å². The van der Waals surface area contributed by atoms with Gasteiger partial charge in [0, 0.05) is 17.5 Å². The number of unbranched alkanes of at least 4 members (excludes halogenated alkanes) is 2. The summed E-state index contributed by atoms with van der Waals surface area (Å²) in [6, 6.07) is 9.49. The van der Waals surface area contributed by atoms with E-state index < -0.39 is 0 Å². The molecule has 1 heterocycles. The second kappa shape index (κ2) is 10.8. The summed E-state index contributed by atoms with van der Waals surface area (Å²) in [7, 11) is 0. The Kier molecular flexibility index (Phi) is 8.11. The molecule has 3 aromatic rings. The number of ether oxygens (including phenoxy) is 1. The Morgan fingerprint density at radius 1 is 1.09 bits per heavy atom. The van der Waals surface area contributed by atoms with Crippen molar-refractivity contribution >= 4 is 17.0 Å². The third-order valence-electron chi connectivity index (χ3n) is 5.93. The fraction of sp³-hybridized carbons (Fsp3) is 0.519. The van der Waals surface area contributed by atoms with E-state index in [-0.39, 0.29) is 17.1 Å². The second-order valence-corrected chi connectivity index (χ2v) is 10.2. The normalized spacial score (nSPS) is 11.9. The number of H-pyrrole nitrogens is 1. The number of esters is 1. The van der Waals surface area contributed by atoms with Crippen LogP contribution in [0.3, 0.4) is 0 Å². The maximum atomic E-state index is 12.2. The van der Waals surface area contributed by atoms with E-state index in [4.69, 9.17) is 4.74 Å². The fourth-order valence-corrected chi connectivity index (χ4v) is 4.09. The van der Waals surface area contributed by atoms with Gasteiger partial charge < -0.3 is 9.84 Å². The van der Waals surface area contributed by atoms with Crippen LogP contribution in [-0.2, 0) is 21.4 Å². The van der Waals surface area contributed by atoms with Gasteiger partial charge in [0.05, 0.1) is 6.61 Å². The minimum Gasteiger partial charge on any atom is -0.507 e. The van der Waals surface area contributed by atoms with Gasteiger partial charge in [0.25, 0.3) is 0 Å². The highest BCUT2D eigenvalue weighted by molar-refractivity contribution is 5.95. The second-order valence-electron chi connectivity index (χ2n) is 10.2. The lowest BCUT2D eigenvalue weighted by atomic mass is 9.80. The van der Waals surface area contributed by atoms with Gasteiger partial charge in [0.2, 0.25) is 0 Å². The Morgan fingerprint density at radius 2 is 1.88 bits per heavy atom. The SMILES string of the molecule is CC(C)CCCCCOC(=O)CCc1ccc(O)c(-c2c(C(C)(C)C)ccc3n[nH]nc23)c1. The third-order valence-corrected chi connectivity index (χ3v) is 5.93. The van der Waals surface area contributed by atoms with E-state index in [1.165, 1.54) is 12.8 Å². The number of hydrogen-bond acceptors (Lipinski definition) is 5. The van der Waals surface area contributed by atoms with E-state index in [1.54, 1.807) is 6.07 Å². The summed E-state index contributed by atoms with van der Waals surface area (Å²) < 4.78 is 5.41. The molecule has 0 bridgehead atoms. The Balaban J connectivity index is 1.70. The number of carbonyl (C=O) groups excluding carboxylic acids is 1. The average Bonchev–Trinajstić information content (AvgIpc) is 3.23. The average molecular weight is 452 g/mol. The summed E-state index contributed by atoms with van der Waals surface area (Å²) in [4.78, 5) is 12.2. The number of aromatic nitrogens is 3. The molecule has 0 saturated heterocycles. The molecule has 6 heteroatoms. The summed E-state index contributed by atoms with van der Waals surface area (Å²) in [6.07, 6.45) is 5.28. The number of aryl methyl sites for hydroxylation is 1. The van der Waals surface area contributed by atoms with Crippen LogP contribution in [0, 0.1) is 5.92 Å². The minimum atomic E-state index is -0.178. The monoisotopic (exact) mass is 451 g/mol. The number of phenolic OH excluding ortho intramolecular Hbond substituents is 1. The number of rotatable bonds is 10. The Bertz CT molecular complexity index is 1080. The molecule has 0 atom stereocenters. The summed E-state index contributed by atoms with van der Waals surface area (Å²) >= 11 is 0. The molecule has 0 aliphatic rings. The van der Waals surface area contributed by atoms with Crippen molar-refractivity contribution in [1.82, 2.24) is 15.4 Å². The predicted octanol–water partition coefficient (Wildman–Crippen LogP) is 6.32. The zero-order valence-electron chi connectivity index (χ0n) is 20.6. The maximum Gasteiger partial charge on any atom is 0.306 e. The van der Waals surface area contributed by atoms with Crippen LogP contribution in [0.5, 0.6) is 5.75 Å². The first-order chi connectivity index (χ1) is 15.7. The highest BCUT2D eigenvalue weighted by Crippen LogP contribution is 2.41. The summed E-state index contributed by atoms with van der Waals surface area (Å²) in [5.74, 6) is 0.727. The van der Waals surface area contributed by atoms with Crippen LogP contribution in [0.2, 0.25) is 0 Å². The van der Waals surface area contributed by atoms with Crippen LogP contribution >= 0.6 is 0 Å². The van der Waals surface area contributed by atoms with E-state index in [1.807, 2.05) is 24.3 Å². The molecule has 2 N–H and O–H groups in total. The Morgan fingerprint density at radius 3 is 2.61 bits per heavy atom. The van der Waals surface area contributed by atoms with Gasteiger partial charge in [-0.15, -0.1) is 0 Å². The van der Waals surface area contributed by atoms with Crippen molar-refractivity contribution in [2.75, 3.05) is 6.61 Å². The summed E-state index contributed by atoms with van der Waals surface area (Å²) in [5, 5.41) is 22.0. The van der Waals surface area contributed by atoms with Gasteiger partial charge in [-0.2, -0.15) is 15.4 Å². The number of fused-ring (bicyclic) bond motifs is 1. The molecule has 3 rings (SSSR count). The number of aromatic hydroxyl groups is 1. The van der Waals surface area contributed by atoms with Gasteiger partial charge in [-0.1, -0.05) is 66.0 Å². The number of aromatic amines is 1. The van der Waals surface area contributed by atoms with E-state index in [0.717, 1.165) is 46.5 Å². The zero-order chi connectivity index (χ0) is 24.0. The van der Waals surface area contributed by atoms with Gasteiger partial charge in [0.15, 0.2) is 0 Å². The van der Waals surface area contributed by atoms with Crippen LogP contribution in [0.25, 0.3) is 22.2 Å². The van der Waals surface area contributed by atoms with Crippen molar-refractivity contribution in [3.63, 3.8) is 0 Å². The van der Waals surface area contributed by atoms with Crippen molar-refractivity contribution in [2.45, 2.75) is 78.6 Å². The molecule has 0 aliphatic carbocycles. The molecule has 0 aliphatic heterocycles. The van der Waals surface area contributed by atoms with Crippen molar-refractivity contribution in [1.29, 1.82) is 0 Å². The third kappa shape index (κ3) is 6.56. The quantitative estimate of drug-likeness (QED) is 0.278. The zero-order valence-corrected chi connectivity index (χ0v) is 20.6. The van der Waals surface area contributed by atoms with Crippen molar-refractivity contribution in [3.05, 3.63) is 41.5 Å². The largest absolute Gasteiger partial charge is 0.507 e. The highest BCUT2D eigenvalue weighted by Gasteiger charge is 2.24. The molecule has 178 valence electrons. The molecule has 2 aromatic carbocycles. The van der Waals surface area contributed by atoms with Crippen LogP contribution in [-0.4, -0.2) is 33.1 Å². The molecule has 33 heavy (non-hydrogen) atoms. The van der Waals surface area contributed by atoms with Gasteiger partial charge in [-0.3, -0.25) is 4.79 Å². The van der Waals surface area contributed by atoms with Gasteiger partial charge in [0.1, 0.15) is 16.8 Å². The smallest absolute Gasteiger partial charge is 0.306 e. The van der Waals surface area contributed by atoms with Crippen LogP contribution < -0.4 is 0 Å². The summed E-state index contributed by atoms with van der Waals surface area (Å²) in [6.45, 7) is 11.4. The number of benzene rings is 2. The first-order valence-corrected chi connectivity index (χ1v) is 12.0. The number of nitrogens with zero attached hydrogens (tertiary/aromatic N) is 2. The van der Waals surface area contributed by atoms with Crippen molar-refractivity contribution in [3.8, 4) is 16.9 Å². The standard InChI is InChI=1S/C27H37N3O3/c1-18(2)9-7-6-8-16-33-24(32)15-11-19-10-14-23(31)20(17-19)25-21(27(3,4)5)12-13-22-26(25)29-30-28-22/h10,12-14,17-18,31H,6-9,11,15-16H2,1-5H3,(H,28,29,30). The highest BCUT2D eigenvalue weighted by atomic mass is 16.5.